The van der Waals surface area contributed by atoms with Crippen LogP contribution in [0.2, 0.25) is 0 Å². The minimum absolute atomic E-state index is 0.00244. The monoisotopic (exact) mass is 610 g/mol. The summed E-state index contributed by atoms with van der Waals surface area (Å²) in [7, 11) is 0. The molecule has 8 nitrogen and oxygen atoms in total. The molecule has 4 rings (SSSR count). The van der Waals surface area contributed by atoms with E-state index in [0.717, 1.165) is 32.1 Å². The van der Waals surface area contributed by atoms with Gasteiger partial charge in [0.25, 0.3) is 0 Å². The number of ether oxygens (including phenoxy) is 4. The largest absolute Gasteiger partial charge is 0.457 e. The maximum Gasteiger partial charge on any atom is 0.303 e. The molecule has 250 valence electrons. The Bertz CT molecular complexity index is 916. The summed E-state index contributed by atoms with van der Waals surface area (Å²) in [6.45, 7) is 16.6. The highest BCUT2D eigenvalue weighted by Gasteiger charge is 2.60. The van der Waals surface area contributed by atoms with Gasteiger partial charge in [-0.15, -0.1) is 0 Å². The van der Waals surface area contributed by atoms with E-state index in [-0.39, 0.29) is 54.9 Å². The van der Waals surface area contributed by atoms with Gasteiger partial charge in [-0.3, -0.25) is 4.79 Å². The molecule has 4 fully saturated rings. The molecular weight excluding hydrogens is 548 g/mol. The highest BCUT2D eigenvalue weighted by atomic mass is 16.7. The van der Waals surface area contributed by atoms with E-state index in [1.807, 2.05) is 0 Å². The van der Waals surface area contributed by atoms with E-state index in [1.54, 1.807) is 13.8 Å². The number of esters is 1. The molecule has 4 aliphatic rings. The van der Waals surface area contributed by atoms with Gasteiger partial charge < -0.3 is 34.3 Å². The first-order chi connectivity index (χ1) is 20.1. The van der Waals surface area contributed by atoms with Gasteiger partial charge in [-0.25, -0.2) is 0 Å². The van der Waals surface area contributed by atoms with E-state index in [0.29, 0.717) is 35.5 Å². The zero-order valence-corrected chi connectivity index (χ0v) is 28.2. The second-order valence-electron chi connectivity index (χ2n) is 16.0. The van der Waals surface area contributed by atoms with Crippen LogP contribution in [0.3, 0.4) is 0 Å². The van der Waals surface area contributed by atoms with E-state index < -0.39 is 18.0 Å². The molecule has 1 aliphatic heterocycles. The summed E-state index contributed by atoms with van der Waals surface area (Å²) in [5, 5.41) is 29.9. The molecule has 0 bridgehead atoms. The fourth-order valence-corrected chi connectivity index (χ4v) is 10.5. The molecule has 1 saturated heterocycles. The average molecular weight is 611 g/mol. The van der Waals surface area contributed by atoms with Gasteiger partial charge in [-0.05, 0) is 105 Å². The third-order valence-electron chi connectivity index (χ3n) is 12.3. The van der Waals surface area contributed by atoms with Crippen LogP contribution < -0.4 is 0 Å². The van der Waals surface area contributed by atoms with E-state index in [9.17, 15) is 15.0 Å². The average Bonchev–Trinajstić information content (AvgIpc) is 3.23. The Morgan fingerprint density at radius 1 is 1.05 bits per heavy atom. The first-order valence-electron chi connectivity index (χ1n) is 17.2. The summed E-state index contributed by atoms with van der Waals surface area (Å²) in [6, 6.07) is 0. The third kappa shape index (κ3) is 7.46. The van der Waals surface area contributed by atoms with Crippen LogP contribution in [0.25, 0.3) is 0 Å². The molecule has 6 unspecified atom stereocenters. The summed E-state index contributed by atoms with van der Waals surface area (Å²) >= 11 is 0. The van der Waals surface area contributed by atoms with Gasteiger partial charge in [-0.1, -0.05) is 47.5 Å². The quantitative estimate of drug-likeness (QED) is 0.196. The van der Waals surface area contributed by atoms with Gasteiger partial charge in [0, 0.05) is 6.92 Å². The number of aliphatic hydroxyl groups excluding tert-OH is 2. The molecule has 0 aromatic rings. The lowest BCUT2D eigenvalue weighted by molar-refractivity contribution is -0.229. The van der Waals surface area contributed by atoms with Crippen LogP contribution in [0.4, 0.5) is 0 Å². The number of carbonyl (C=O) groups excluding carboxylic acids is 1. The van der Waals surface area contributed by atoms with Gasteiger partial charge in [-0.2, -0.15) is 0 Å². The maximum atomic E-state index is 11.9. The molecule has 0 spiro atoms. The molecule has 12 atom stereocenters. The maximum absolute atomic E-state index is 11.9. The minimum Gasteiger partial charge on any atom is -0.457 e. The summed E-state index contributed by atoms with van der Waals surface area (Å²) in [5.41, 5.74) is -0.988. The summed E-state index contributed by atoms with van der Waals surface area (Å²) in [6.07, 6.45) is 8.47. The Kier molecular flexibility index (Phi) is 11.4. The molecule has 8 heteroatoms. The van der Waals surface area contributed by atoms with Crippen molar-refractivity contribution in [2.45, 2.75) is 149 Å². The number of fused-ring (bicyclic) bond motifs is 3. The van der Waals surface area contributed by atoms with Crippen molar-refractivity contribution < 1.29 is 39.1 Å². The zero-order valence-electron chi connectivity index (χ0n) is 28.2. The highest BCUT2D eigenvalue weighted by Crippen LogP contribution is 2.63. The molecule has 1 heterocycles. The van der Waals surface area contributed by atoms with Crippen molar-refractivity contribution in [1.29, 1.82) is 0 Å². The van der Waals surface area contributed by atoms with Crippen LogP contribution in [-0.4, -0.2) is 77.4 Å². The zero-order chi connectivity index (χ0) is 31.7. The predicted octanol–water partition coefficient (Wildman–Crippen LogP) is 5.49. The van der Waals surface area contributed by atoms with E-state index >= 15 is 0 Å². The molecule has 0 aromatic carbocycles. The number of hydrogen-bond acceptors (Lipinski definition) is 8. The fourth-order valence-electron chi connectivity index (χ4n) is 10.5. The fraction of sp³-hybridized carbons (Fsp3) is 0.971. The van der Waals surface area contributed by atoms with Crippen molar-refractivity contribution in [2.75, 3.05) is 19.8 Å². The van der Waals surface area contributed by atoms with Crippen LogP contribution in [0, 0.1) is 46.3 Å². The molecule has 0 amide bonds. The molecular formula is C35H62O8. The van der Waals surface area contributed by atoms with Crippen LogP contribution in [0.15, 0.2) is 0 Å². The van der Waals surface area contributed by atoms with Crippen molar-refractivity contribution in [2.24, 2.45) is 46.3 Å². The molecule has 3 saturated carbocycles. The second kappa shape index (κ2) is 13.9. The standard InChI is InChI=1S/C35H62O8/c1-21-11-14-29(43-30(20-37)40-17-16-36)33(4,5)25(21)13-12-24-10-9-15-35(8)26(24)19-27-31(35)22(2)18-28(42-27)32(34(6,7)39)41-23(3)38/h21-22,24-32,36-37,39H,9-20H2,1-8H3/t21?,22-,24+,25?,26?,27?,28-,29+,30?,31?,32+,35+/m1/s1. The number of aliphatic hydroxyl groups is 3. The van der Waals surface area contributed by atoms with Crippen molar-refractivity contribution in [3.05, 3.63) is 0 Å². The summed E-state index contributed by atoms with van der Waals surface area (Å²) < 4.78 is 24.3. The van der Waals surface area contributed by atoms with Crippen LogP contribution >= 0.6 is 0 Å². The normalized spacial score (nSPS) is 40.8. The van der Waals surface area contributed by atoms with Crippen molar-refractivity contribution in [3.8, 4) is 0 Å². The van der Waals surface area contributed by atoms with Gasteiger partial charge in [0.05, 0.1) is 43.7 Å². The topological polar surface area (TPSA) is 115 Å². The van der Waals surface area contributed by atoms with Gasteiger partial charge in [0.2, 0.25) is 0 Å². The first-order valence-corrected chi connectivity index (χ1v) is 17.2. The van der Waals surface area contributed by atoms with Crippen LogP contribution in [-0.2, 0) is 23.7 Å². The Morgan fingerprint density at radius 2 is 1.77 bits per heavy atom. The van der Waals surface area contributed by atoms with Crippen molar-refractivity contribution in [1.82, 2.24) is 0 Å². The van der Waals surface area contributed by atoms with Crippen LogP contribution in [0.5, 0.6) is 0 Å². The Balaban J connectivity index is 1.45. The lowest BCUT2D eigenvalue weighted by atomic mass is 9.56. The van der Waals surface area contributed by atoms with E-state index in [1.165, 1.54) is 32.6 Å². The molecule has 3 N–H and O–H groups in total. The van der Waals surface area contributed by atoms with Crippen molar-refractivity contribution in [3.63, 3.8) is 0 Å². The predicted molar refractivity (Wildman–Crippen MR) is 165 cm³/mol. The Labute approximate surface area is 260 Å². The van der Waals surface area contributed by atoms with Crippen molar-refractivity contribution >= 4 is 5.97 Å². The lowest BCUT2D eigenvalue weighted by Gasteiger charge is -2.51. The van der Waals surface area contributed by atoms with Gasteiger partial charge >= 0.3 is 5.97 Å². The molecule has 3 aliphatic carbocycles. The van der Waals surface area contributed by atoms with E-state index in [2.05, 4.69) is 34.6 Å². The highest BCUT2D eigenvalue weighted by molar-refractivity contribution is 5.66. The van der Waals surface area contributed by atoms with Gasteiger partial charge in [0.1, 0.15) is 0 Å². The van der Waals surface area contributed by atoms with Crippen LogP contribution in [0.1, 0.15) is 113 Å². The Hall–Kier alpha value is -0.770. The molecule has 43 heavy (non-hydrogen) atoms. The minimum atomic E-state index is -1.17. The van der Waals surface area contributed by atoms with Gasteiger partial charge in [0.15, 0.2) is 12.4 Å². The molecule has 0 aromatic heterocycles. The second-order valence-corrected chi connectivity index (χ2v) is 16.0. The first kappa shape index (κ1) is 35.1. The lowest BCUT2D eigenvalue weighted by Crippen LogP contribution is -2.54. The smallest absolute Gasteiger partial charge is 0.303 e. The third-order valence-corrected chi connectivity index (χ3v) is 12.3. The van der Waals surface area contributed by atoms with E-state index in [4.69, 9.17) is 24.1 Å². The SMILES string of the molecule is CC(=O)O[C@@H]([C@H]1C[C@@H](C)C2C(CC3[C@H](CCC4C(C)CC[C@H](OC(CO)OCCO)C4(C)C)CCC[C@@]32C)O1)C(C)(C)O. The number of carbonyl (C=O) groups is 1. The summed E-state index contributed by atoms with van der Waals surface area (Å²) in [4.78, 5) is 11.9. The Morgan fingerprint density at radius 3 is 2.40 bits per heavy atom. The summed E-state index contributed by atoms with van der Waals surface area (Å²) in [5.74, 6) is 2.90. The number of rotatable bonds is 12. The number of hydrogen-bond donors (Lipinski definition) is 3. The molecule has 0 radical (unpaired) electrons.